The van der Waals surface area contributed by atoms with Crippen molar-refractivity contribution in [2.45, 2.75) is 33.7 Å². The van der Waals surface area contributed by atoms with Gasteiger partial charge in [-0.15, -0.1) is 0 Å². The first-order valence-corrected chi connectivity index (χ1v) is 8.33. The van der Waals surface area contributed by atoms with Crippen LogP contribution in [-0.4, -0.2) is 38.1 Å². The summed E-state index contributed by atoms with van der Waals surface area (Å²) in [5, 5.41) is 0. The number of quaternary nitrogens is 1. The van der Waals surface area contributed by atoms with Crippen molar-refractivity contribution >= 4 is 11.8 Å². The van der Waals surface area contributed by atoms with Crippen LogP contribution >= 0.6 is 0 Å². The standard InChI is InChI=1S/C17H25N3O4/c1-4-23-15-8-13-6-7-20(11-17(22)19-18-12(3)21)10-14(13)9-16(15)24-5-2/h8-9H,4-7,10-11H2,1-3H3,(H,18,21)(H,19,22)/p+1. The SMILES string of the molecule is CCOc1cc2c(cc1OCC)C[NH+](CC(=O)NNC(C)=O)CC2. The molecule has 1 atom stereocenters. The predicted octanol–water partition coefficient (Wildman–Crippen LogP) is -0.408. The average Bonchev–Trinajstić information content (AvgIpc) is 2.54. The molecule has 1 aromatic rings. The second-order valence-electron chi connectivity index (χ2n) is 5.77. The molecule has 24 heavy (non-hydrogen) atoms. The number of fused-ring (bicyclic) bond motifs is 1. The highest BCUT2D eigenvalue weighted by atomic mass is 16.5. The van der Waals surface area contributed by atoms with Gasteiger partial charge in [-0.3, -0.25) is 20.4 Å². The first kappa shape index (κ1) is 18.1. The minimum Gasteiger partial charge on any atom is -0.490 e. The minimum atomic E-state index is -0.285. The molecule has 0 aromatic heterocycles. The predicted molar refractivity (Wildman–Crippen MR) is 88.8 cm³/mol. The number of amides is 2. The van der Waals surface area contributed by atoms with E-state index in [-0.39, 0.29) is 11.8 Å². The lowest BCUT2D eigenvalue weighted by atomic mass is 9.99. The molecule has 0 saturated carbocycles. The van der Waals surface area contributed by atoms with E-state index in [9.17, 15) is 9.59 Å². The van der Waals surface area contributed by atoms with Gasteiger partial charge in [0.15, 0.2) is 18.0 Å². The van der Waals surface area contributed by atoms with Gasteiger partial charge in [0.2, 0.25) is 5.91 Å². The molecule has 1 aliphatic heterocycles. The Kier molecular flexibility index (Phi) is 6.43. The van der Waals surface area contributed by atoms with E-state index in [4.69, 9.17) is 9.47 Å². The lowest BCUT2D eigenvalue weighted by Crippen LogP contribution is -3.13. The van der Waals surface area contributed by atoms with E-state index < -0.39 is 0 Å². The Labute approximate surface area is 142 Å². The summed E-state index contributed by atoms with van der Waals surface area (Å²) in [5.41, 5.74) is 7.14. The summed E-state index contributed by atoms with van der Waals surface area (Å²) in [4.78, 5) is 23.8. The van der Waals surface area contributed by atoms with Gasteiger partial charge in [-0.2, -0.15) is 0 Å². The van der Waals surface area contributed by atoms with Gasteiger partial charge in [0.05, 0.1) is 19.8 Å². The highest BCUT2D eigenvalue weighted by Crippen LogP contribution is 2.32. The van der Waals surface area contributed by atoms with Crippen molar-refractivity contribution in [1.82, 2.24) is 10.9 Å². The van der Waals surface area contributed by atoms with Gasteiger partial charge in [-0.1, -0.05) is 0 Å². The number of hydrogen-bond acceptors (Lipinski definition) is 4. The number of benzene rings is 1. The van der Waals surface area contributed by atoms with Crippen LogP contribution in [0.2, 0.25) is 0 Å². The molecule has 7 nitrogen and oxygen atoms in total. The van der Waals surface area contributed by atoms with E-state index in [0.29, 0.717) is 19.8 Å². The van der Waals surface area contributed by atoms with Crippen molar-refractivity contribution in [1.29, 1.82) is 0 Å². The van der Waals surface area contributed by atoms with Crippen LogP contribution in [0.4, 0.5) is 0 Å². The molecule has 1 heterocycles. The van der Waals surface area contributed by atoms with E-state index in [1.165, 1.54) is 18.1 Å². The minimum absolute atomic E-state index is 0.195. The number of ether oxygens (including phenoxy) is 2. The van der Waals surface area contributed by atoms with Crippen LogP contribution in [0.1, 0.15) is 31.9 Å². The van der Waals surface area contributed by atoms with Crippen molar-refractivity contribution < 1.29 is 24.0 Å². The van der Waals surface area contributed by atoms with E-state index >= 15 is 0 Å². The largest absolute Gasteiger partial charge is 0.490 e. The molecule has 132 valence electrons. The van der Waals surface area contributed by atoms with Gasteiger partial charge in [0.1, 0.15) is 6.54 Å². The monoisotopic (exact) mass is 336 g/mol. The van der Waals surface area contributed by atoms with Crippen LogP contribution < -0.4 is 25.2 Å². The molecule has 0 radical (unpaired) electrons. The fraction of sp³-hybridized carbons (Fsp3) is 0.529. The maximum absolute atomic E-state index is 11.8. The quantitative estimate of drug-likeness (QED) is 0.617. The number of rotatable bonds is 6. The Morgan fingerprint density at radius 1 is 1.08 bits per heavy atom. The molecular weight excluding hydrogens is 310 g/mol. The summed E-state index contributed by atoms with van der Waals surface area (Å²) in [5.74, 6) is 1.05. The second-order valence-corrected chi connectivity index (χ2v) is 5.77. The lowest BCUT2D eigenvalue weighted by molar-refractivity contribution is -0.908. The maximum atomic E-state index is 11.8. The van der Waals surface area contributed by atoms with Crippen LogP contribution in [0.25, 0.3) is 0 Å². The first-order valence-electron chi connectivity index (χ1n) is 8.33. The van der Waals surface area contributed by atoms with Crippen LogP contribution in [0.15, 0.2) is 12.1 Å². The molecule has 2 amide bonds. The van der Waals surface area contributed by atoms with Crippen molar-refractivity contribution in [2.24, 2.45) is 0 Å². The van der Waals surface area contributed by atoms with Crippen LogP contribution in [0, 0.1) is 0 Å². The Balaban J connectivity index is 2.05. The summed E-state index contributed by atoms with van der Waals surface area (Å²) in [7, 11) is 0. The zero-order valence-electron chi connectivity index (χ0n) is 14.5. The molecule has 0 bridgehead atoms. The Hall–Kier alpha value is -2.28. The highest BCUT2D eigenvalue weighted by molar-refractivity contribution is 5.81. The Morgan fingerprint density at radius 2 is 1.71 bits per heavy atom. The normalized spacial score (nSPS) is 16.0. The second kappa shape index (κ2) is 8.54. The van der Waals surface area contributed by atoms with Crippen molar-refractivity contribution in [3.8, 4) is 11.5 Å². The number of hydrazine groups is 1. The third kappa shape index (κ3) is 4.86. The molecule has 2 rings (SSSR count). The van der Waals surface area contributed by atoms with E-state index in [1.54, 1.807) is 0 Å². The van der Waals surface area contributed by atoms with Gasteiger partial charge in [0, 0.05) is 18.9 Å². The van der Waals surface area contributed by atoms with Crippen LogP contribution in [0.5, 0.6) is 11.5 Å². The fourth-order valence-electron chi connectivity index (χ4n) is 2.83. The van der Waals surface area contributed by atoms with Gasteiger partial charge < -0.3 is 14.4 Å². The zero-order valence-corrected chi connectivity index (χ0v) is 14.5. The zero-order chi connectivity index (χ0) is 17.5. The van der Waals surface area contributed by atoms with E-state index in [1.807, 2.05) is 19.9 Å². The maximum Gasteiger partial charge on any atom is 0.293 e. The molecule has 0 spiro atoms. The van der Waals surface area contributed by atoms with E-state index in [0.717, 1.165) is 35.9 Å². The van der Waals surface area contributed by atoms with Gasteiger partial charge in [0.25, 0.3) is 5.91 Å². The summed E-state index contributed by atoms with van der Waals surface area (Å²) < 4.78 is 11.3. The third-order valence-electron chi connectivity index (χ3n) is 3.84. The molecule has 1 aliphatic rings. The van der Waals surface area contributed by atoms with Gasteiger partial charge in [-0.05, 0) is 31.5 Å². The number of hydrogen-bond donors (Lipinski definition) is 3. The molecule has 0 fully saturated rings. The summed E-state index contributed by atoms with van der Waals surface area (Å²) >= 11 is 0. The van der Waals surface area contributed by atoms with Crippen LogP contribution in [0.3, 0.4) is 0 Å². The number of nitrogens with one attached hydrogen (secondary N) is 3. The summed E-state index contributed by atoms with van der Waals surface area (Å²) in [6.45, 7) is 8.35. The lowest BCUT2D eigenvalue weighted by Gasteiger charge is -2.26. The number of carbonyl (C=O) groups excluding carboxylic acids is 2. The molecule has 0 aliphatic carbocycles. The van der Waals surface area contributed by atoms with Gasteiger partial charge in [-0.25, -0.2) is 0 Å². The Morgan fingerprint density at radius 3 is 2.29 bits per heavy atom. The average molecular weight is 336 g/mol. The smallest absolute Gasteiger partial charge is 0.293 e. The fourth-order valence-corrected chi connectivity index (χ4v) is 2.83. The van der Waals surface area contributed by atoms with Crippen molar-refractivity contribution in [3.05, 3.63) is 23.3 Å². The Bertz CT molecular complexity index is 604. The molecule has 3 N–H and O–H groups in total. The first-order chi connectivity index (χ1) is 11.5. The third-order valence-corrected chi connectivity index (χ3v) is 3.84. The summed E-state index contributed by atoms with van der Waals surface area (Å²) in [6.07, 6.45) is 0.880. The molecule has 7 heteroatoms. The molecule has 0 saturated heterocycles. The van der Waals surface area contributed by atoms with E-state index in [2.05, 4.69) is 16.9 Å². The highest BCUT2D eigenvalue weighted by Gasteiger charge is 2.24. The summed E-state index contributed by atoms with van der Waals surface area (Å²) in [6, 6.07) is 4.08. The van der Waals surface area contributed by atoms with Crippen molar-refractivity contribution in [2.75, 3.05) is 26.3 Å². The molecule has 1 unspecified atom stereocenters. The van der Waals surface area contributed by atoms with Crippen molar-refractivity contribution in [3.63, 3.8) is 0 Å². The van der Waals surface area contributed by atoms with Crippen LogP contribution in [-0.2, 0) is 22.6 Å². The topological polar surface area (TPSA) is 81.1 Å². The molecule has 1 aromatic carbocycles. The molecular formula is C17H26N3O4+. The number of carbonyl (C=O) groups is 2. The van der Waals surface area contributed by atoms with Gasteiger partial charge >= 0.3 is 0 Å².